The van der Waals surface area contributed by atoms with Crippen LogP contribution in [0.25, 0.3) is 10.9 Å². The van der Waals surface area contributed by atoms with Crippen molar-refractivity contribution in [3.05, 3.63) is 75.9 Å². The monoisotopic (exact) mass is 301 g/mol. The van der Waals surface area contributed by atoms with E-state index in [1.807, 2.05) is 24.3 Å². The van der Waals surface area contributed by atoms with Crippen molar-refractivity contribution in [2.45, 2.75) is 0 Å². The van der Waals surface area contributed by atoms with Crippen molar-refractivity contribution in [1.82, 2.24) is 4.98 Å². The van der Waals surface area contributed by atoms with E-state index in [1.165, 1.54) is 0 Å². The smallest absolute Gasteiger partial charge is 0.195 e. The number of benzene rings is 2. The van der Waals surface area contributed by atoms with E-state index in [0.717, 1.165) is 10.9 Å². The van der Waals surface area contributed by atoms with E-state index in [2.05, 4.69) is 4.98 Å². The summed E-state index contributed by atoms with van der Waals surface area (Å²) >= 11 is 12.0. The Morgan fingerprint density at radius 2 is 1.75 bits per heavy atom. The van der Waals surface area contributed by atoms with Gasteiger partial charge in [0.1, 0.15) is 0 Å². The van der Waals surface area contributed by atoms with Crippen LogP contribution in [0, 0.1) is 0 Å². The first kappa shape index (κ1) is 13.1. The number of fused-ring (bicyclic) bond motifs is 1. The van der Waals surface area contributed by atoms with Crippen LogP contribution in [-0.4, -0.2) is 10.8 Å². The first-order valence-corrected chi connectivity index (χ1v) is 6.76. The average molecular weight is 302 g/mol. The summed E-state index contributed by atoms with van der Waals surface area (Å²) in [5.74, 6) is -0.134. The predicted octanol–water partition coefficient (Wildman–Crippen LogP) is 4.77. The number of hydrogen-bond donors (Lipinski definition) is 0. The molecule has 0 saturated heterocycles. The van der Waals surface area contributed by atoms with Crippen LogP contribution in [0.4, 0.5) is 0 Å². The quantitative estimate of drug-likeness (QED) is 0.638. The highest BCUT2D eigenvalue weighted by molar-refractivity contribution is 6.38. The van der Waals surface area contributed by atoms with Gasteiger partial charge >= 0.3 is 0 Å². The van der Waals surface area contributed by atoms with Gasteiger partial charge in [-0.3, -0.25) is 9.78 Å². The molecule has 0 aliphatic rings. The first-order valence-electron chi connectivity index (χ1n) is 6.00. The van der Waals surface area contributed by atoms with Gasteiger partial charge in [0.05, 0.1) is 10.5 Å². The van der Waals surface area contributed by atoms with Crippen molar-refractivity contribution in [2.24, 2.45) is 0 Å². The molecule has 20 heavy (non-hydrogen) atoms. The van der Waals surface area contributed by atoms with E-state index in [1.54, 1.807) is 30.5 Å². The largest absolute Gasteiger partial charge is 0.289 e. The van der Waals surface area contributed by atoms with Gasteiger partial charge in [-0.1, -0.05) is 41.4 Å². The van der Waals surface area contributed by atoms with E-state index < -0.39 is 0 Å². The van der Waals surface area contributed by atoms with Gasteiger partial charge in [-0.2, -0.15) is 0 Å². The third-order valence-corrected chi connectivity index (χ3v) is 3.62. The highest BCUT2D eigenvalue weighted by Crippen LogP contribution is 2.26. The molecule has 3 rings (SSSR count). The molecule has 98 valence electrons. The number of nitrogens with zero attached hydrogens (tertiary/aromatic N) is 1. The Bertz CT molecular complexity index is 809. The van der Waals surface area contributed by atoms with Gasteiger partial charge < -0.3 is 0 Å². The fourth-order valence-electron chi connectivity index (χ4n) is 2.11. The van der Waals surface area contributed by atoms with Gasteiger partial charge in [-0.05, 0) is 30.3 Å². The molecule has 0 atom stereocenters. The molecule has 0 aliphatic heterocycles. The summed E-state index contributed by atoms with van der Waals surface area (Å²) in [7, 11) is 0. The highest BCUT2D eigenvalue weighted by Gasteiger charge is 2.15. The number of pyridine rings is 1. The summed E-state index contributed by atoms with van der Waals surface area (Å²) in [6.45, 7) is 0. The van der Waals surface area contributed by atoms with Crippen molar-refractivity contribution < 1.29 is 4.79 Å². The number of rotatable bonds is 2. The van der Waals surface area contributed by atoms with E-state index >= 15 is 0 Å². The molecule has 2 aromatic carbocycles. The maximum absolute atomic E-state index is 12.6. The molecular weight excluding hydrogens is 293 g/mol. The molecule has 0 N–H and O–H groups in total. The molecule has 3 aromatic rings. The predicted molar refractivity (Wildman–Crippen MR) is 81.6 cm³/mol. The first-order chi connectivity index (χ1) is 9.66. The lowest BCUT2D eigenvalue weighted by atomic mass is 10.00. The maximum Gasteiger partial charge on any atom is 0.195 e. The normalized spacial score (nSPS) is 10.7. The molecule has 0 amide bonds. The van der Waals surface area contributed by atoms with Crippen molar-refractivity contribution in [3.63, 3.8) is 0 Å². The summed E-state index contributed by atoms with van der Waals surface area (Å²) in [6.07, 6.45) is 1.62. The fourth-order valence-corrected chi connectivity index (χ4v) is 2.61. The Balaban J connectivity index is 2.18. The molecule has 0 aliphatic carbocycles. The van der Waals surface area contributed by atoms with Gasteiger partial charge in [0.15, 0.2) is 5.78 Å². The minimum Gasteiger partial charge on any atom is -0.289 e. The molecular formula is C16H9Cl2NO. The molecule has 2 nitrogen and oxygen atoms in total. The number of carbonyl (C=O) groups excluding carboxylic acids is 1. The number of ketones is 1. The van der Waals surface area contributed by atoms with Crippen molar-refractivity contribution >= 4 is 39.9 Å². The van der Waals surface area contributed by atoms with Gasteiger partial charge in [-0.15, -0.1) is 0 Å². The minimum atomic E-state index is -0.134. The third-order valence-electron chi connectivity index (χ3n) is 3.07. The average Bonchev–Trinajstić information content (AvgIpc) is 2.46. The summed E-state index contributed by atoms with van der Waals surface area (Å²) in [4.78, 5) is 16.9. The van der Waals surface area contributed by atoms with E-state index in [0.29, 0.717) is 21.2 Å². The maximum atomic E-state index is 12.6. The molecule has 1 aromatic heterocycles. The number of aromatic nitrogens is 1. The van der Waals surface area contributed by atoms with Crippen LogP contribution >= 0.6 is 23.2 Å². The zero-order valence-electron chi connectivity index (χ0n) is 10.3. The Morgan fingerprint density at radius 3 is 2.55 bits per heavy atom. The SMILES string of the molecule is O=C(c1ccc(Cl)cc1Cl)c1ccnc2ccccc12. The van der Waals surface area contributed by atoms with Gasteiger partial charge in [0, 0.05) is 27.7 Å². The molecule has 1 heterocycles. The summed E-state index contributed by atoms with van der Waals surface area (Å²) in [6, 6.07) is 14.1. The Kier molecular flexibility index (Phi) is 3.43. The van der Waals surface area contributed by atoms with Crippen LogP contribution in [0.3, 0.4) is 0 Å². The highest BCUT2D eigenvalue weighted by atomic mass is 35.5. The minimum absolute atomic E-state index is 0.134. The standard InChI is InChI=1S/C16H9Cl2NO/c17-10-5-6-13(14(18)9-10)16(20)12-7-8-19-15-4-2-1-3-11(12)15/h1-9H. The van der Waals surface area contributed by atoms with E-state index in [4.69, 9.17) is 23.2 Å². The lowest BCUT2D eigenvalue weighted by molar-refractivity contribution is 0.104. The number of para-hydroxylation sites is 1. The summed E-state index contributed by atoms with van der Waals surface area (Å²) in [5, 5.41) is 1.67. The lowest BCUT2D eigenvalue weighted by Crippen LogP contribution is -2.03. The van der Waals surface area contributed by atoms with Crippen LogP contribution in [0.2, 0.25) is 10.0 Å². The van der Waals surface area contributed by atoms with E-state index in [9.17, 15) is 4.79 Å². The second-order valence-corrected chi connectivity index (χ2v) is 5.17. The van der Waals surface area contributed by atoms with Gasteiger partial charge in [-0.25, -0.2) is 0 Å². The molecule has 0 fully saturated rings. The third kappa shape index (κ3) is 2.28. The van der Waals surface area contributed by atoms with Crippen molar-refractivity contribution in [1.29, 1.82) is 0 Å². The second-order valence-electron chi connectivity index (χ2n) is 4.33. The Hall–Kier alpha value is -1.90. The van der Waals surface area contributed by atoms with Crippen molar-refractivity contribution in [2.75, 3.05) is 0 Å². The van der Waals surface area contributed by atoms with Crippen LogP contribution in [0.15, 0.2) is 54.7 Å². The number of hydrogen-bond acceptors (Lipinski definition) is 2. The molecule has 0 spiro atoms. The molecule has 0 bridgehead atoms. The second kappa shape index (κ2) is 5.23. The molecule has 0 saturated carbocycles. The topological polar surface area (TPSA) is 30.0 Å². The Morgan fingerprint density at radius 1 is 0.950 bits per heavy atom. The van der Waals surface area contributed by atoms with Crippen LogP contribution < -0.4 is 0 Å². The molecule has 0 radical (unpaired) electrons. The molecule has 4 heteroatoms. The zero-order chi connectivity index (χ0) is 14.1. The van der Waals surface area contributed by atoms with Gasteiger partial charge in [0.2, 0.25) is 0 Å². The molecule has 0 unspecified atom stereocenters. The summed E-state index contributed by atoms with van der Waals surface area (Å²) < 4.78 is 0. The van der Waals surface area contributed by atoms with Crippen LogP contribution in [-0.2, 0) is 0 Å². The van der Waals surface area contributed by atoms with Crippen LogP contribution in [0.5, 0.6) is 0 Å². The fraction of sp³-hybridized carbons (Fsp3) is 0. The summed E-state index contributed by atoms with van der Waals surface area (Å²) in [5.41, 5.74) is 1.80. The number of halogens is 2. The lowest BCUT2D eigenvalue weighted by Gasteiger charge is -2.07. The zero-order valence-corrected chi connectivity index (χ0v) is 11.8. The Labute approximate surface area is 126 Å². The van der Waals surface area contributed by atoms with Crippen molar-refractivity contribution in [3.8, 4) is 0 Å². The van der Waals surface area contributed by atoms with Crippen LogP contribution in [0.1, 0.15) is 15.9 Å². The van der Waals surface area contributed by atoms with Gasteiger partial charge in [0.25, 0.3) is 0 Å². The number of carbonyl (C=O) groups is 1. The van der Waals surface area contributed by atoms with E-state index in [-0.39, 0.29) is 5.78 Å².